The van der Waals surface area contributed by atoms with Crippen LogP contribution in [-0.4, -0.2) is 24.0 Å². The van der Waals surface area contributed by atoms with Gasteiger partial charge in [0.25, 0.3) is 0 Å². The van der Waals surface area contributed by atoms with Gasteiger partial charge < -0.3 is 0 Å². The van der Waals surface area contributed by atoms with Crippen LogP contribution in [0, 0.1) is 5.92 Å². The zero-order valence-corrected chi connectivity index (χ0v) is 6.59. The highest BCUT2D eigenvalue weighted by molar-refractivity contribution is 5.08. The lowest BCUT2D eigenvalue weighted by atomic mass is 9.86. The molecule has 0 spiro atoms. The molecular weight excluding hydrogens is 122 g/mol. The molecule has 0 amide bonds. The Kier molecular flexibility index (Phi) is 1.53. The van der Waals surface area contributed by atoms with Crippen LogP contribution in [0.3, 0.4) is 0 Å². The molecule has 1 fully saturated rings. The summed E-state index contributed by atoms with van der Waals surface area (Å²) < 4.78 is 0. The maximum atomic E-state index is 2.58. The van der Waals surface area contributed by atoms with Crippen LogP contribution in [0.2, 0.25) is 0 Å². The van der Waals surface area contributed by atoms with Gasteiger partial charge in [-0.05, 0) is 25.3 Å². The Morgan fingerprint density at radius 1 is 1.40 bits per heavy atom. The van der Waals surface area contributed by atoms with E-state index in [-0.39, 0.29) is 0 Å². The van der Waals surface area contributed by atoms with Crippen LogP contribution in [0.25, 0.3) is 0 Å². The summed E-state index contributed by atoms with van der Waals surface area (Å²) in [4.78, 5) is 2.58. The summed E-state index contributed by atoms with van der Waals surface area (Å²) in [5, 5.41) is 0. The van der Waals surface area contributed by atoms with Crippen molar-refractivity contribution < 1.29 is 0 Å². The second-order valence-corrected chi connectivity index (χ2v) is 3.38. The highest BCUT2D eigenvalue weighted by atomic mass is 15.2. The molecule has 2 heterocycles. The van der Waals surface area contributed by atoms with Gasteiger partial charge in [0.05, 0.1) is 0 Å². The third kappa shape index (κ3) is 0.891. The minimum Gasteiger partial charge on any atom is -0.297 e. The van der Waals surface area contributed by atoms with E-state index in [1.165, 1.54) is 25.9 Å². The van der Waals surface area contributed by atoms with E-state index >= 15 is 0 Å². The van der Waals surface area contributed by atoms with Gasteiger partial charge in [0, 0.05) is 12.6 Å². The van der Waals surface area contributed by atoms with Crippen molar-refractivity contribution in [2.45, 2.75) is 25.8 Å². The first-order valence-electron chi connectivity index (χ1n) is 4.32. The van der Waals surface area contributed by atoms with Crippen molar-refractivity contribution in [2.75, 3.05) is 13.1 Å². The van der Waals surface area contributed by atoms with E-state index in [1.54, 1.807) is 0 Å². The van der Waals surface area contributed by atoms with Crippen LogP contribution < -0.4 is 0 Å². The molecule has 0 radical (unpaired) electrons. The van der Waals surface area contributed by atoms with Gasteiger partial charge in [-0.2, -0.15) is 0 Å². The Morgan fingerprint density at radius 3 is 2.60 bits per heavy atom. The number of nitrogens with zero attached hydrogens (tertiary/aromatic N) is 1. The Hall–Kier alpha value is -0.300. The smallest absolute Gasteiger partial charge is 0.0278 e. The summed E-state index contributed by atoms with van der Waals surface area (Å²) in [6, 6.07) is 0.787. The normalized spacial score (nSPS) is 38.9. The molecule has 3 rings (SSSR count). The van der Waals surface area contributed by atoms with Gasteiger partial charge in [-0.3, -0.25) is 4.90 Å². The lowest BCUT2D eigenvalue weighted by molar-refractivity contribution is 0.145. The quantitative estimate of drug-likeness (QED) is 0.497. The van der Waals surface area contributed by atoms with Gasteiger partial charge in [-0.1, -0.05) is 19.1 Å². The van der Waals surface area contributed by atoms with E-state index in [4.69, 9.17) is 0 Å². The molecule has 3 aliphatic rings. The van der Waals surface area contributed by atoms with E-state index < -0.39 is 0 Å². The third-order valence-electron chi connectivity index (χ3n) is 2.78. The van der Waals surface area contributed by atoms with E-state index in [2.05, 4.69) is 24.0 Å². The summed E-state index contributed by atoms with van der Waals surface area (Å²) in [6.45, 7) is 4.80. The Labute approximate surface area is 62.7 Å². The molecule has 0 N–H and O–H groups in total. The van der Waals surface area contributed by atoms with Gasteiger partial charge in [-0.25, -0.2) is 0 Å². The number of hydrogen-bond acceptors (Lipinski definition) is 1. The standard InChI is InChI=1S/C9H15N/c1-2-10-7-8-3-5-9(10)6-4-8/h3,5,8-9H,2,4,6-7H2,1H3. The van der Waals surface area contributed by atoms with Crippen LogP contribution in [0.4, 0.5) is 0 Å². The molecule has 2 bridgehead atoms. The molecule has 1 saturated heterocycles. The maximum Gasteiger partial charge on any atom is 0.0278 e. The molecule has 56 valence electrons. The zero-order chi connectivity index (χ0) is 6.97. The van der Waals surface area contributed by atoms with Gasteiger partial charge in [0.2, 0.25) is 0 Å². The first-order chi connectivity index (χ1) is 4.90. The van der Waals surface area contributed by atoms with Crippen molar-refractivity contribution in [1.82, 2.24) is 4.90 Å². The van der Waals surface area contributed by atoms with Gasteiger partial charge >= 0.3 is 0 Å². The van der Waals surface area contributed by atoms with Crippen molar-refractivity contribution >= 4 is 0 Å². The molecule has 10 heavy (non-hydrogen) atoms. The second kappa shape index (κ2) is 2.39. The van der Waals surface area contributed by atoms with E-state index in [1.807, 2.05) is 0 Å². The largest absolute Gasteiger partial charge is 0.297 e. The van der Waals surface area contributed by atoms with Gasteiger partial charge in [-0.15, -0.1) is 0 Å². The summed E-state index contributed by atoms with van der Waals surface area (Å²) in [5.41, 5.74) is 0. The SMILES string of the molecule is CCN1CC2C=CC1CC2. The van der Waals surface area contributed by atoms with Gasteiger partial charge in [0.15, 0.2) is 0 Å². The summed E-state index contributed by atoms with van der Waals surface area (Å²) in [7, 11) is 0. The van der Waals surface area contributed by atoms with Crippen molar-refractivity contribution in [3.8, 4) is 0 Å². The van der Waals surface area contributed by atoms with Crippen LogP contribution in [0.5, 0.6) is 0 Å². The minimum absolute atomic E-state index is 0.787. The Bertz CT molecular complexity index is 151. The summed E-state index contributed by atoms with van der Waals surface area (Å²) in [5.74, 6) is 0.880. The number of hydrogen-bond donors (Lipinski definition) is 0. The predicted molar refractivity (Wildman–Crippen MR) is 42.9 cm³/mol. The summed E-state index contributed by atoms with van der Waals surface area (Å²) in [6.07, 6.45) is 7.62. The maximum absolute atomic E-state index is 2.58. The van der Waals surface area contributed by atoms with E-state index in [0.29, 0.717) is 0 Å². The monoisotopic (exact) mass is 137 g/mol. The number of piperidine rings is 1. The molecule has 0 aromatic heterocycles. The van der Waals surface area contributed by atoms with Crippen LogP contribution in [0.15, 0.2) is 12.2 Å². The van der Waals surface area contributed by atoms with E-state index in [9.17, 15) is 0 Å². The molecule has 0 saturated carbocycles. The third-order valence-corrected chi connectivity index (χ3v) is 2.78. The van der Waals surface area contributed by atoms with Crippen LogP contribution in [0.1, 0.15) is 19.8 Å². The lowest BCUT2D eigenvalue weighted by Crippen LogP contribution is -2.44. The molecule has 1 nitrogen and oxygen atoms in total. The highest BCUT2D eigenvalue weighted by Crippen LogP contribution is 2.28. The fourth-order valence-corrected chi connectivity index (χ4v) is 2.12. The molecule has 2 atom stereocenters. The van der Waals surface area contributed by atoms with Crippen molar-refractivity contribution in [1.29, 1.82) is 0 Å². The Morgan fingerprint density at radius 2 is 2.30 bits per heavy atom. The van der Waals surface area contributed by atoms with Gasteiger partial charge in [0.1, 0.15) is 0 Å². The summed E-state index contributed by atoms with van der Waals surface area (Å²) >= 11 is 0. The van der Waals surface area contributed by atoms with Crippen molar-refractivity contribution in [2.24, 2.45) is 5.92 Å². The Balaban J connectivity index is 2.11. The van der Waals surface area contributed by atoms with E-state index in [0.717, 1.165) is 12.0 Å². The van der Waals surface area contributed by atoms with Crippen molar-refractivity contribution in [3.63, 3.8) is 0 Å². The topological polar surface area (TPSA) is 3.24 Å². The number of rotatable bonds is 1. The van der Waals surface area contributed by atoms with Crippen LogP contribution in [-0.2, 0) is 0 Å². The second-order valence-electron chi connectivity index (χ2n) is 3.38. The predicted octanol–water partition coefficient (Wildman–Crippen LogP) is 1.66. The average Bonchev–Trinajstić information content (AvgIpc) is 2.06. The zero-order valence-electron chi connectivity index (χ0n) is 6.59. The highest BCUT2D eigenvalue weighted by Gasteiger charge is 2.27. The molecule has 2 aliphatic heterocycles. The molecule has 1 aliphatic carbocycles. The molecular formula is C9H15N. The molecule has 2 unspecified atom stereocenters. The fraction of sp³-hybridized carbons (Fsp3) is 0.778. The first kappa shape index (κ1) is 6.41. The molecule has 0 aromatic carbocycles. The van der Waals surface area contributed by atoms with Crippen LogP contribution >= 0.6 is 0 Å². The fourth-order valence-electron chi connectivity index (χ4n) is 2.12. The number of likely N-dealkylation sites (N-methyl/N-ethyl adjacent to an activating group) is 1. The molecule has 0 aromatic rings. The molecule has 1 heteroatoms. The minimum atomic E-state index is 0.787. The van der Waals surface area contributed by atoms with Crippen molar-refractivity contribution in [3.05, 3.63) is 12.2 Å². The first-order valence-corrected chi connectivity index (χ1v) is 4.32. The lowest BCUT2D eigenvalue weighted by Gasteiger charge is -2.40. The number of fused-ring (bicyclic) bond motifs is 2. The average molecular weight is 137 g/mol.